The maximum absolute atomic E-state index is 12.0. The molecule has 0 aliphatic heterocycles. The van der Waals surface area contributed by atoms with Crippen LogP contribution in [0.3, 0.4) is 0 Å². The van der Waals surface area contributed by atoms with Crippen molar-refractivity contribution in [3.05, 3.63) is 35.9 Å². The van der Waals surface area contributed by atoms with E-state index in [1.165, 1.54) is 0 Å². The summed E-state index contributed by atoms with van der Waals surface area (Å²) in [6.07, 6.45) is 0.321. The minimum Gasteiger partial charge on any atom is -0.355 e. The van der Waals surface area contributed by atoms with Gasteiger partial charge in [-0.15, -0.1) is 24.8 Å². The van der Waals surface area contributed by atoms with Gasteiger partial charge in [0, 0.05) is 25.6 Å². The highest BCUT2D eigenvalue weighted by atomic mass is 35.5. The van der Waals surface area contributed by atoms with Crippen molar-refractivity contribution < 1.29 is 4.79 Å². The van der Waals surface area contributed by atoms with Gasteiger partial charge in [-0.1, -0.05) is 44.2 Å². The van der Waals surface area contributed by atoms with Gasteiger partial charge in [-0.2, -0.15) is 0 Å². The average Bonchev–Trinajstić information content (AvgIpc) is 2.36. The van der Waals surface area contributed by atoms with E-state index in [1.807, 2.05) is 44.4 Å². The number of carbonyl (C=O) groups is 1. The van der Waals surface area contributed by atoms with Crippen molar-refractivity contribution in [2.75, 3.05) is 27.2 Å². The molecule has 1 aromatic rings. The minimum absolute atomic E-state index is 0. The van der Waals surface area contributed by atoms with Gasteiger partial charge in [-0.3, -0.25) is 4.79 Å². The Balaban J connectivity index is 0. The highest BCUT2D eigenvalue weighted by Gasteiger charge is 2.20. The summed E-state index contributed by atoms with van der Waals surface area (Å²) in [5.74, 6) is 0.00758. The van der Waals surface area contributed by atoms with Crippen molar-refractivity contribution in [3.8, 4) is 0 Å². The van der Waals surface area contributed by atoms with Crippen molar-refractivity contribution >= 4 is 30.7 Å². The van der Waals surface area contributed by atoms with Crippen molar-refractivity contribution in [1.29, 1.82) is 0 Å². The molecular weight excluding hydrogens is 321 g/mol. The molecule has 1 aromatic carbocycles. The van der Waals surface area contributed by atoms with Gasteiger partial charge in [-0.25, -0.2) is 0 Å². The summed E-state index contributed by atoms with van der Waals surface area (Å²) >= 11 is 0. The molecular formula is C16H29Cl2N3O. The van der Waals surface area contributed by atoms with Gasteiger partial charge in [-0.05, 0) is 25.1 Å². The molecule has 1 rings (SSSR count). The molecule has 1 atom stereocenters. The number of rotatable bonds is 7. The Morgan fingerprint density at radius 1 is 1.23 bits per heavy atom. The smallest absolute Gasteiger partial charge is 0.221 e. The summed E-state index contributed by atoms with van der Waals surface area (Å²) in [5, 5.41) is 2.98. The van der Waals surface area contributed by atoms with Crippen LogP contribution in [0.15, 0.2) is 30.3 Å². The monoisotopic (exact) mass is 349 g/mol. The van der Waals surface area contributed by atoms with Crippen LogP contribution >= 0.6 is 24.8 Å². The van der Waals surface area contributed by atoms with Crippen molar-refractivity contribution in [2.24, 2.45) is 11.1 Å². The quantitative estimate of drug-likeness (QED) is 0.795. The molecule has 6 heteroatoms. The summed E-state index contributed by atoms with van der Waals surface area (Å²) in [5.41, 5.74) is 7.09. The third-order valence-electron chi connectivity index (χ3n) is 3.14. The number of carbonyl (C=O) groups excluding carboxylic acids is 1. The third kappa shape index (κ3) is 9.26. The number of benzene rings is 1. The van der Waals surface area contributed by atoms with E-state index < -0.39 is 0 Å². The van der Waals surface area contributed by atoms with Crippen LogP contribution in [0.1, 0.15) is 31.9 Å². The second-order valence-electron chi connectivity index (χ2n) is 6.40. The number of nitrogens with zero attached hydrogens (tertiary/aromatic N) is 1. The van der Waals surface area contributed by atoms with Gasteiger partial charge < -0.3 is 16.0 Å². The van der Waals surface area contributed by atoms with Crippen LogP contribution in [0.5, 0.6) is 0 Å². The predicted octanol–water partition coefficient (Wildman–Crippen LogP) is 2.62. The molecule has 0 aliphatic carbocycles. The fraction of sp³-hybridized carbons (Fsp3) is 0.562. The Labute approximate surface area is 146 Å². The first-order valence-electron chi connectivity index (χ1n) is 7.02. The highest BCUT2D eigenvalue weighted by Crippen LogP contribution is 2.16. The lowest BCUT2D eigenvalue weighted by molar-refractivity contribution is -0.121. The average molecular weight is 350 g/mol. The highest BCUT2D eigenvalue weighted by molar-refractivity contribution is 5.85. The number of nitrogens with two attached hydrogens (primary N) is 1. The van der Waals surface area contributed by atoms with Crippen LogP contribution < -0.4 is 11.1 Å². The molecule has 0 bridgehead atoms. The normalized spacial score (nSPS) is 12.1. The summed E-state index contributed by atoms with van der Waals surface area (Å²) in [6.45, 7) is 5.87. The van der Waals surface area contributed by atoms with Gasteiger partial charge in [0.05, 0.1) is 0 Å². The number of hydrogen-bond acceptors (Lipinski definition) is 3. The summed E-state index contributed by atoms with van der Waals surface area (Å²) < 4.78 is 0. The van der Waals surface area contributed by atoms with Gasteiger partial charge in [0.15, 0.2) is 0 Å². The summed E-state index contributed by atoms with van der Waals surface area (Å²) in [6, 6.07) is 9.48. The lowest BCUT2D eigenvalue weighted by atomic mass is 9.93. The van der Waals surface area contributed by atoms with Gasteiger partial charge in [0.2, 0.25) is 5.91 Å². The van der Waals surface area contributed by atoms with Gasteiger partial charge in [0.1, 0.15) is 0 Å². The molecule has 1 amide bonds. The van der Waals surface area contributed by atoms with E-state index >= 15 is 0 Å². The standard InChI is InChI=1S/C16H27N3O.2ClH/c1-16(2,12-19(3)4)11-18-15(20)10-14(17)13-8-6-5-7-9-13;;/h5-9,14H,10-12,17H2,1-4H3,(H,18,20);2*1H. The molecule has 0 aliphatic rings. The third-order valence-corrected chi connectivity index (χ3v) is 3.14. The predicted molar refractivity (Wildman–Crippen MR) is 97.8 cm³/mol. The van der Waals surface area contributed by atoms with E-state index in [2.05, 4.69) is 24.1 Å². The number of nitrogens with one attached hydrogen (secondary N) is 1. The molecule has 0 aromatic heterocycles. The zero-order valence-corrected chi connectivity index (χ0v) is 15.5. The fourth-order valence-electron chi connectivity index (χ4n) is 2.34. The molecule has 0 heterocycles. The largest absolute Gasteiger partial charge is 0.355 e. The maximum atomic E-state index is 12.0. The van der Waals surface area contributed by atoms with E-state index in [-0.39, 0.29) is 42.2 Å². The molecule has 1 unspecified atom stereocenters. The minimum atomic E-state index is -0.242. The lowest BCUT2D eigenvalue weighted by Gasteiger charge is -2.28. The van der Waals surface area contributed by atoms with Crippen LogP contribution in [0, 0.1) is 5.41 Å². The second kappa shape index (κ2) is 10.8. The molecule has 128 valence electrons. The van der Waals surface area contributed by atoms with Crippen LogP contribution in [0.4, 0.5) is 0 Å². The Morgan fingerprint density at radius 3 is 2.27 bits per heavy atom. The van der Waals surface area contributed by atoms with E-state index in [0.29, 0.717) is 13.0 Å². The van der Waals surface area contributed by atoms with Crippen LogP contribution in [-0.4, -0.2) is 38.0 Å². The molecule has 22 heavy (non-hydrogen) atoms. The zero-order valence-electron chi connectivity index (χ0n) is 13.8. The van der Waals surface area contributed by atoms with Crippen molar-refractivity contribution in [1.82, 2.24) is 10.2 Å². The molecule has 0 spiro atoms. The summed E-state index contributed by atoms with van der Waals surface area (Å²) in [7, 11) is 4.07. The molecule has 0 saturated heterocycles. The number of amides is 1. The number of hydrogen-bond donors (Lipinski definition) is 2. The lowest BCUT2D eigenvalue weighted by Crippen LogP contribution is -2.40. The van der Waals surface area contributed by atoms with E-state index in [0.717, 1.165) is 12.1 Å². The van der Waals surface area contributed by atoms with E-state index in [9.17, 15) is 4.79 Å². The fourth-order valence-corrected chi connectivity index (χ4v) is 2.34. The molecule has 4 nitrogen and oxygen atoms in total. The summed E-state index contributed by atoms with van der Waals surface area (Å²) in [4.78, 5) is 14.1. The van der Waals surface area contributed by atoms with Crippen LogP contribution in [0.25, 0.3) is 0 Å². The topological polar surface area (TPSA) is 58.4 Å². The maximum Gasteiger partial charge on any atom is 0.221 e. The molecule has 0 radical (unpaired) electrons. The van der Waals surface area contributed by atoms with Gasteiger partial charge >= 0.3 is 0 Å². The first-order valence-corrected chi connectivity index (χ1v) is 7.02. The molecule has 3 N–H and O–H groups in total. The number of halogens is 2. The first kappa shape index (κ1) is 23.5. The Bertz CT molecular complexity index is 425. The first-order chi connectivity index (χ1) is 9.30. The Hall–Kier alpha value is -0.810. The Kier molecular flexibility index (Phi) is 11.6. The van der Waals surface area contributed by atoms with Crippen molar-refractivity contribution in [2.45, 2.75) is 26.3 Å². The van der Waals surface area contributed by atoms with Crippen molar-refractivity contribution in [3.63, 3.8) is 0 Å². The van der Waals surface area contributed by atoms with E-state index in [4.69, 9.17) is 5.73 Å². The van der Waals surface area contributed by atoms with Crippen LogP contribution in [-0.2, 0) is 4.79 Å². The van der Waals surface area contributed by atoms with Gasteiger partial charge in [0.25, 0.3) is 0 Å². The zero-order chi connectivity index (χ0) is 15.2. The van der Waals surface area contributed by atoms with Crippen LogP contribution in [0.2, 0.25) is 0 Å². The molecule has 0 fully saturated rings. The SMILES string of the molecule is CN(C)CC(C)(C)CNC(=O)CC(N)c1ccccc1.Cl.Cl. The Morgan fingerprint density at radius 2 is 1.77 bits per heavy atom. The second-order valence-corrected chi connectivity index (χ2v) is 6.40. The van der Waals surface area contributed by atoms with E-state index in [1.54, 1.807) is 0 Å². The molecule has 0 saturated carbocycles.